The van der Waals surface area contributed by atoms with Gasteiger partial charge in [0.15, 0.2) is 0 Å². The number of hydrogen-bond donors (Lipinski definition) is 0. The van der Waals surface area contributed by atoms with Gasteiger partial charge >= 0.3 is 0 Å². The first-order valence-corrected chi connectivity index (χ1v) is 5.68. The van der Waals surface area contributed by atoms with Crippen molar-refractivity contribution < 1.29 is 4.79 Å². The Balaban J connectivity index is 2.92. The van der Waals surface area contributed by atoms with Gasteiger partial charge in [0.2, 0.25) is 0 Å². The summed E-state index contributed by atoms with van der Waals surface area (Å²) in [5.74, 6) is 0.998. The van der Waals surface area contributed by atoms with Crippen LogP contribution in [0.25, 0.3) is 0 Å². The molecule has 17 heavy (non-hydrogen) atoms. The highest BCUT2D eigenvalue weighted by Gasteiger charge is 2.32. The van der Waals surface area contributed by atoms with Gasteiger partial charge in [-0.25, -0.2) is 9.67 Å². The third-order valence-corrected chi connectivity index (χ3v) is 2.77. The van der Waals surface area contributed by atoms with Crippen LogP contribution in [-0.4, -0.2) is 20.5 Å². The molecule has 0 saturated heterocycles. The molecule has 0 saturated carbocycles. The fourth-order valence-corrected chi connectivity index (χ4v) is 1.48. The van der Waals surface area contributed by atoms with Crippen LogP contribution in [0.4, 0.5) is 0 Å². The zero-order valence-electron chi connectivity index (χ0n) is 10.8. The minimum Gasteiger partial charge on any atom is -0.298 e. The third kappa shape index (κ3) is 3.13. The number of hydrogen-bond acceptors (Lipinski definition) is 4. The van der Waals surface area contributed by atoms with E-state index in [4.69, 9.17) is 5.26 Å². The minimum atomic E-state index is -1.01. The quantitative estimate of drug-likeness (QED) is 0.775. The topological polar surface area (TPSA) is 71.6 Å². The van der Waals surface area contributed by atoms with Crippen molar-refractivity contribution in [2.45, 2.75) is 40.7 Å². The summed E-state index contributed by atoms with van der Waals surface area (Å²) >= 11 is 0. The van der Waals surface area contributed by atoms with Crippen molar-refractivity contribution in [3.05, 3.63) is 12.2 Å². The van der Waals surface area contributed by atoms with Crippen LogP contribution < -0.4 is 0 Å². The van der Waals surface area contributed by atoms with Crippen LogP contribution in [0.1, 0.15) is 33.5 Å². The summed E-state index contributed by atoms with van der Waals surface area (Å²) in [6.45, 7) is 7.99. The Labute approximate surface area is 101 Å². The fourth-order valence-electron chi connectivity index (χ4n) is 1.48. The summed E-state index contributed by atoms with van der Waals surface area (Å²) in [5, 5.41) is 13.2. The van der Waals surface area contributed by atoms with Gasteiger partial charge in [-0.3, -0.25) is 4.79 Å². The van der Waals surface area contributed by atoms with E-state index in [9.17, 15) is 4.79 Å². The molecule has 5 heteroatoms. The van der Waals surface area contributed by atoms with Crippen LogP contribution in [0.15, 0.2) is 6.33 Å². The SMILES string of the molecule is CC(=O)C(C)(C#N)Cc1ncnn1CC(C)C. The first-order valence-electron chi connectivity index (χ1n) is 5.68. The molecule has 1 heterocycles. The normalized spacial score (nSPS) is 14.4. The molecule has 1 atom stereocenters. The highest BCUT2D eigenvalue weighted by atomic mass is 16.1. The second kappa shape index (κ2) is 5.09. The molecule has 92 valence electrons. The molecule has 0 N–H and O–H groups in total. The summed E-state index contributed by atoms with van der Waals surface area (Å²) in [7, 11) is 0. The van der Waals surface area contributed by atoms with Crippen molar-refractivity contribution >= 4 is 5.78 Å². The molecule has 0 aromatic carbocycles. The highest BCUT2D eigenvalue weighted by molar-refractivity contribution is 5.84. The molecule has 0 spiro atoms. The Kier molecular flexibility index (Phi) is 4.00. The molecule has 0 aliphatic carbocycles. The maximum atomic E-state index is 11.5. The van der Waals surface area contributed by atoms with Gasteiger partial charge < -0.3 is 0 Å². The van der Waals surface area contributed by atoms with Gasteiger partial charge in [0.05, 0.1) is 6.07 Å². The Hall–Kier alpha value is -1.70. The lowest BCUT2D eigenvalue weighted by Gasteiger charge is -2.18. The van der Waals surface area contributed by atoms with Gasteiger partial charge in [0.1, 0.15) is 23.3 Å². The standard InChI is InChI=1S/C12H18N4O/c1-9(2)6-16-11(14-8-15-16)5-12(4,7-13)10(3)17/h8-9H,5-6H2,1-4H3. The fraction of sp³-hybridized carbons (Fsp3) is 0.667. The van der Waals surface area contributed by atoms with Crippen molar-refractivity contribution in [3.8, 4) is 6.07 Å². The number of carbonyl (C=O) groups is 1. The highest BCUT2D eigenvalue weighted by Crippen LogP contribution is 2.22. The number of rotatable bonds is 5. The smallest absolute Gasteiger partial charge is 0.150 e. The predicted octanol–water partition coefficient (Wildman–Crippen LogP) is 1.60. The van der Waals surface area contributed by atoms with Crippen LogP contribution in [0, 0.1) is 22.7 Å². The lowest BCUT2D eigenvalue weighted by molar-refractivity contribution is -0.123. The average molecular weight is 234 g/mol. The van der Waals surface area contributed by atoms with E-state index in [-0.39, 0.29) is 5.78 Å². The zero-order chi connectivity index (χ0) is 13.1. The van der Waals surface area contributed by atoms with E-state index in [1.165, 1.54) is 13.3 Å². The van der Waals surface area contributed by atoms with E-state index >= 15 is 0 Å². The van der Waals surface area contributed by atoms with Crippen molar-refractivity contribution in [1.29, 1.82) is 5.26 Å². The molecule has 0 bridgehead atoms. The lowest BCUT2D eigenvalue weighted by Crippen LogP contribution is -2.28. The van der Waals surface area contributed by atoms with Crippen molar-refractivity contribution in [2.75, 3.05) is 0 Å². The van der Waals surface area contributed by atoms with Gasteiger partial charge in [-0.15, -0.1) is 0 Å². The molecular weight excluding hydrogens is 216 g/mol. The van der Waals surface area contributed by atoms with Crippen LogP contribution in [-0.2, 0) is 17.8 Å². The summed E-state index contributed by atoms with van der Waals surface area (Å²) < 4.78 is 1.77. The van der Waals surface area contributed by atoms with E-state index < -0.39 is 5.41 Å². The third-order valence-electron chi connectivity index (χ3n) is 2.77. The number of Topliss-reactive ketones (excluding diaryl/α,β-unsaturated/α-hetero) is 1. The molecule has 0 aliphatic heterocycles. The first kappa shape index (κ1) is 13.4. The summed E-state index contributed by atoms with van der Waals surface area (Å²) in [4.78, 5) is 15.6. The molecular formula is C12H18N4O. The minimum absolute atomic E-state index is 0.140. The Morgan fingerprint density at radius 3 is 2.76 bits per heavy atom. The monoisotopic (exact) mass is 234 g/mol. The van der Waals surface area contributed by atoms with E-state index in [2.05, 4.69) is 30.0 Å². The number of aromatic nitrogens is 3. The van der Waals surface area contributed by atoms with Crippen molar-refractivity contribution in [3.63, 3.8) is 0 Å². The molecule has 1 aromatic rings. The number of carbonyl (C=O) groups excluding carboxylic acids is 1. The summed E-state index contributed by atoms with van der Waals surface area (Å²) in [6.07, 6.45) is 1.78. The number of ketones is 1. The summed E-state index contributed by atoms with van der Waals surface area (Å²) in [6, 6.07) is 2.07. The first-order chi connectivity index (χ1) is 7.89. The Morgan fingerprint density at radius 2 is 2.29 bits per heavy atom. The molecule has 1 unspecified atom stereocenters. The van der Waals surface area contributed by atoms with Gasteiger partial charge in [-0.2, -0.15) is 10.4 Å². The van der Waals surface area contributed by atoms with Crippen molar-refractivity contribution in [1.82, 2.24) is 14.8 Å². The second-order valence-electron chi connectivity index (χ2n) is 4.93. The van der Waals surface area contributed by atoms with Gasteiger partial charge in [-0.1, -0.05) is 13.8 Å². The van der Waals surface area contributed by atoms with Gasteiger partial charge in [0.25, 0.3) is 0 Å². The number of nitriles is 1. The van der Waals surface area contributed by atoms with E-state index in [1.54, 1.807) is 11.6 Å². The molecule has 0 amide bonds. The van der Waals surface area contributed by atoms with Gasteiger partial charge in [-0.05, 0) is 19.8 Å². The predicted molar refractivity (Wildman–Crippen MR) is 63.0 cm³/mol. The van der Waals surface area contributed by atoms with Crippen LogP contribution in [0.3, 0.4) is 0 Å². The van der Waals surface area contributed by atoms with Crippen LogP contribution in [0.5, 0.6) is 0 Å². The Morgan fingerprint density at radius 1 is 1.65 bits per heavy atom. The second-order valence-corrected chi connectivity index (χ2v) is 4.93. The molecule has 0 radical (unpaired) electrons. The van der Waals surface area contributed by atoms with Crippen LogP contribution in [0.2, 0.25) is 0 Å². The van der Waals surface area contributed by atoms with Gasteiger partial charge in [0, 0.05) is 13.0 Å². The number of nitrogens with zero attached hydrogens (tertiary/aromatic N) is 4. The maximum Gasteiger partial charge on any atom is 0.150 e. The molecule has 0 aliphatic rings. The van der Waals surface area contributed by atoms with E-state index in [1.807, 2.05) is 0 Å². The molecule has 1 aromatic heterocycles. The molecule has 0 fully saturated rings. The molecule has 5 nitrogen and oxygen atoms in total. The van der Waals surface area contributed by atoms with Crippen molar-refractivity contribution in [2.24, 2.45) is 11.3 Å². The lowest BCUT2D eigenvalue weighted by atomic mass is 9.84. The zero-order valence-corrected chi connectivity index (χ0v) is 10.8. The Bertz CT molecular complexity index is 444. The molecule has 1 rings (SSSR count). The maximum absolute atomic E-state index is 11.5. The van der Waals surface area contributed by atoms with E-state index in [0.29, 0.717) is 18.2 Å². The average Bonchev–Trinajstić information content (AvgIpc) is 2.64. The largest absolute Gasteiger partial charge is 0.298 e. The summed E-state index contributed by atoms with van der Waals surface area (Å²) in [5.41, 5.74) is -1.01. The van der Waals surface area contributed by atoms with Crippen LogP contribution >= 0.6 is 0 Å². The van der Waals surface area contributed by atoms with E-state index in [0.717, 1.165) is 6.54 Å².